The molecule has 1 saturated carbocycles. The van der Waals surface area contributed by atoms with Crippen molar-refractivity contribution in [3.05, 3.63) is 33.9 Å². The van der Waals surface area contributed by atoms with Gasteiger partial charge in [-0.05, 0) is 24.0 Å². The predicted molar refractivity (Wildman–Crippen MR) is 72.3 cm³/mol. The Labute approximate surface area is 111 Å². The second kappa shape index (κ2) is 4.53. The Kier molecular flexibility index (Phi) is 3.18. The second-order valence-corrected chi connectivity index (χ2v) is 5.46. The summed E-state index contributed by atoms with van der Waals surface area (Å²) in [4.78, 5) is 22.6. The van der Waals surface area contributed by atoms with E-state index in [1.54, 1.807) is 13.1 Å². The first-order valence-corrected chi connectivity index (χ1v) is 6.12. The van der Waals surface area contributed by atoms with Gasteiger partial charge < -0.3 is 10.6 Å². The molecule has 6 nitrogen and oxygen atoms in total. The molecular weight excluding hydrogens is 246 g/mol. The van der Waals surface area contributed by atoms with Gasteiger partial charge in [-0.3, -0.25) is 14.9 Å². The first kappa shape index (κ1) is 13.3. The summed E-state index contributed by atoms with van der Waals surface area (Å²) in [6, 6.07) is 4.52. The van der Waals surface area contributed by atoms with E-state index < -0.39 is 4.92 Å². The Morgan fingerprint density at radius 2 is 2.11 bits per heavy atom. The van der Waals surface area contributed by atoms with Crippen LogP contribution in [0.4, 0.5) is 11.4 Å². The van der Waals surface area contributed by atoms with E-state index in [0.717, 1.165) is 6.42 Å². The minimum Gasteiger partial charge on any atom is -0.388 e. The highest BCUT2D eigenvalue weighted by atomic mass is 16.6. The molecule has 1 atom stereocenters. The molecule has 19 heavy (non-hydrogen) atoms. The maximum Gasteiger partial charge on any atom is 0.282 e. The summed E-state index contributed by atoms with van der Waals surface area (Å²) in [5.74, 6) is -0.389. The van der Waals surface area contributed by atoms with E-state index in [4.69, 9.17) is 0 Å². The van der Waals surface area contributed by atoms with E-state index >= 15 is 0 Å². The fourth-order valence-electron chi connectivity index (χ4n) is 1.98. The smallest absolute Gasteiger partial charge is 0.282 e. The standard InChI is InChI=1S/C13H17N3O3/c1-13(2)7-11(13)15-12(17)9-6-8(14-3)4-5-10(9)16(18)19/h4-6,11,14H,7H2,1-3H3,(H,15,17). The van der Waals surface area contributed by atoms with Gasteiger partial charge in [0.25, 0.3) is 11.6 Å². The molecule has 1 aliphatic carbocycles. The Morgan fingerprint density at radius 3 is 2.58 bits per heavy atom. The van der Waals surface area contributed by atoms with Gasteiger partial charge in [0.05, 0.1) is 4.92 Å². The van der Waals surface area contributed by atoms with Crippen LogP contribution in [0.15, 0.2) is 18.2 Å². The van der Waals surface area contributed by atoms with Crippen molar-refractivity contribution in [1.82, 2.24) is 5.32 Å². The van der Waals surface area contributed by atoms with Crippen LogP contribution in [0.3, 0.4) is 0 Å². The minimum atomic E-state index is -0.535. The number of nitro groups is 1. The third-order valence-electron chi connectivity index (χ3n) is 3.55. The van der Waals surface area contributed by atoms with Gasteiger partial charge in [-0.25, -0.2) is 0 Å². The lowest BCUT2D eigenvalue weighted by molar-refractivity contribution is -0.385. The van der Waals surface area contributed by atoms with Crippen molar-refractivity contribution in [2.75, 3.05) is 12.4 Å². The van der Waals surface area contributed by atoms with Gasteiger partial charge in [-0.2, -0.15) is 0 Å². The maximum atomic E-state index is 12.1. The van der Waals surface area contributed by atoms with Crippen molar-refractivity contribution in [2.24, 2.45) is 5.41 Å². The number of anilines is 1. The second-order valence-electron chi connectivity index (χ2n) is 5.46. The van der Waals surface area contributed by atoms with Crippen LogP contribution >= 0.6 is 0 Å². The maximum absolute atomic E-state index is 12.1. The molecule has 0 aromatic heterocycles. The number of carbonyl (C=O) groups excluding carboxylic acids is 1. The molecule has 0 spiro atoms. The number of nitrogens with one attached hydrogen (secondary N) is 2. The molecule has 0 radical (unpaired) electrons. The van der Waals surface area contributed by atoms with E-state index in [1.165, 1.54) is 12.1 Å². The van der Waals surface area contributed by atoms with E-state index in [-0.39, 0.29) is 28.6 Å². The molecule has 0 saturated heterocycles. The zero-order chi connectivity index (χ0) is 14.2. The number of hydrogen-bond donors (Lipinski definition) is 2. The Bertz CT molecular complexity index is 540. The van der Waals surface area contributed by atoms with Crippen molar-refractivity contribution in [2.45, 2.75) is 26.3 Å². The van der Waals surface area contributed by atoms with Crippen molar-refractivity contribution < 1.29 is 9.72 Å². The van der Waals surface area contributed by atoms with Crippen LogP contribution in [-0.2, 0) is 0 Å². The molecule has 0 bridgehead atoms. The van der Waals surface area contributed by atoms with Crippen LogP contribution in [0.1, 0.15) is 30.6 Å². The summed E-state index contributed by atoms with van der Waals surface area (Å²) in [6.45, 7) is 4.10. The number of rotatable bonds is 4. The molecule has 1 fully saturated rings. The van der Waals surface area contributed by atoms with Crippen LogP contribution in [0.25, 0.3) is 0 Å². The molecule has 6 heteroatoms. The monoisotopic (exact) mass is 263 g/mol. The third-order valence-corrected chi connectivity index (χ3v) is 3.55. The van der Waals surface area contributed by atoms with E-state index in [0.29, 0.717) is 5.69 Å². The quantitative estimate of drug-likeness (QED) is 0.644. The van der Waals surface area contributed by atoms with Crippen molar-refractivity contribution in [3.63, 3.8) is 0 Å². The van der Waals surface area contributed by atoms with Crippen molar-refractivity contribution >= 4 is 17.3 Å². The number of amides is 1. The van der Waals surface area contributed by atoms with Crippen LogP contribution in [0.5, 0.6) is 0 Å². The highest BCUT2D eigenvalue weighted by molar-refractivity contribution is 5.99. The van der Waals surface area contributed by atoms with Crippen LogP contribution in [-0.4, -0.2) is 23.9 Å². The number of nitro benzene ring substituents is 1. The molecule has 1 aromatic rings. The average molecular weight is 263 g/mol. The highest BCUT2D eigenvalue weighted by Crippen LogP contribution is 2.44. The first-order valence-electron chi connectivity index (χ1n) is 6.12. The van der Waals surface area contributed by atoms with E-state index in [2.05, 4.69) is 24.5 Å². The van der Waals surface area contributed by atoms with E-state index in [9.17, 15) is 14.9 Å². The molecule has 2 N–H and O–H groups in total. The van der Waals surface area contributed by atoms with Crippen molar-refractivity contribution in [1.29, 1.82) is 0 Å². The van der Waals surface area contributed by atoms with Gasteiger partial charge in [0, 0.05) is 24.8 Å². The lowest BCUT2D eigenvalue weighted by Crippen LogP contribution is -2.29. The van der Waals surface area contributed by atoms with Gasteiger partial charge in [-0.15, -0.1) is 0 Å². The Hall–Kier alpha value is -2.11. The first-order chi connectivity index (χ1) is 8.85. The number of benzene rings is 1. The van der Waals surface area contributed by atoms with Gasteiger partial charge in [0.1, 0.15) is 5.56 Å². The van der Waals surface area contributed by atoms with E-state index in [1.807, 2.05) is 0 Å². The molecule has 2 rings (SSSR count). The third kappa shape index (κ3) is 2.67. The summed E-state index contributed by atoms with van der Waals surface area (Å²) >= 11 is 0. The molecule has 0 aliphatic heterocycles. The predicted octanol–water partition coefficient (Wildman–Crippen LogP) is 2.16. The summed E-state index contributed by atoms with van der Waals surface area (Å²) in [5, 5.41) is 16.7. The fraction of sp³-hybridized carbons (Fsp3) is 0.462. The molecular formula is C13H17N3O3. The lowest BCUT2D eigenvalue weighted by Gasteiger charge is -2.09. The molecule has 102 valence electrons. The zero-order valence-electron chi connectivity index (χ0n) is 11.2. The minimum absolute atomic E-state index is 0.0883. The summed E-state index contributed by atoms with van der Waals surface area (Å²) in [7, 11) is 1.70. The fourth-order valence-corrected chi connectivity index (χ4v) is 1.98. The van der Waals surface area contributed by atoms with Crippen molar-refractivity contribution in [3.8, 4) is 0 Å². The van der Waals surface area contributed by atoms with Crippen LogP contribution in [0, 0.1) is 15.5 Å². The Morgan fingerprint density at radius 1 is 1.47 bits per heavy atom. The van der Waals surface area contributed by atoms with Crippen LogP contribution < -0.4 is 10.6 Å². The number of carbonyl (C=O) groups is 1. The van der Waals surface area contributed by atoms with Gasteiger partial charge >= 0.3 is 0 Å². The lowest BCUT2D eigenvalue weighted by atomic mass is 10.1. The Balaban J connectivity index is 2.26. The largest absolute Gasteiger partial charge is 0.388 e. The normalized spacial score (nSPS) is 19.6. The van der Waals surface area contributed by atoms with Crippen LogP contribution in [0.2, 0.25) is 0 Å². The zero-order valence-corrected chi connectivity index (χ0v) is 11.2. The average Bonchev–Trinajstić information content (AvgIpc) is 2.95. The van der Waals surface area contributed by atoms with Gasteiger partial charge in [-0.1, -0.05) is 13.8 Å². The number of nitrogens with zero attached hydrogens (tertiary/aromatic N) is 1. The summed E-state index contributed by atoms with van der Waals surface area (Å²) in [5.41, 5.74) is 0.686. The number of hydrogen-bond acceptors (Lipinski definition) is 4. The highest BCUT2D eigenvalue weighted by Gasteiger charge is 2.47. The molecule has 1 amide bonds. The molecule has 1 unspecified atom stereocenters. The topological polar surface area (TPSA) is 84.3 Å². The SMILES string of the molecule is CNc1ccc([N+](=O)[O-])c(C(=O)NC2CC2(C)C)c1. The summed E-state index contributed by atoms with van der Waals surface area (Å²) in [6.07, 6.45) is 0.901. The molecule has 1 aromatic carbocycles. The summed E-state index contributed by atoms with van der Waals surface area (Å²) < 4.78 is 0. The van der Waals surface area contributed by atoms with Gasteiger partial charge in [0.2, 0.25) is 0 Å². The molecule has 1 aliphatic rings. The molecule has 0 heterocycles. The van der Waals surface area contributed by atoms with Gasteiger partial charge in [0.15, 0.2) is 0 Å².